The summed E-state index contributed by atoms with van der Waals surface area (Å²) in [5.41, 5.74) is 7.30. The standard InChI is InChI=1S/C15H23NO2/c1-11(2)18-14-12(6-4-7-13(14)17-3)15(10-16)8-5-9-15/h4,6-7,11H,5,8-10,16H2,1-3H3. The van der Waals surface area contributed by atoms with Crippen LogP contribution in [-0.4, -0.2) is 19.8 Å². The predicted molar refractivity (Wildman–Crippen MR) is 73.3 cm³/mol. The molecule has 0 bridgehead atoms. The summed E-state index contributed by atoms with van der Waals surface area (Å²) in [5.74, 6) is 1.68. The van der Waals surface area contributed by atoms with Crippen molar-refractivity contribution < 1.29 is 9.47 Å². The molecular weight excluding hydrogens is 226 g/mol. The summed E-state index contributed by atoms with van der Waals surface area (Å²) in [6, 6.07) is 6.10. The number of methoxy groups -OCH3 is 1. The Kier molecular flexibility index (Phi) is 3.81. The third-order valence-corrected chi connectivity index (χ3v) is 3.83. The number of hydrogen-bond acceptors (Lipinski definition) is 3. The van der Waals surface area contributed by atoms with Crippen LogP contribution < -0.4 is 15.2 Å². The number of ether oxygens (including phenoxy) is 2. The molecule has 3 heteroatoms. The molecule has 1 aromatic carbocycles. The van der Waals surface area contributed by atoms with Crippen molar-refractivity contribution in [1.82, 2.24) is 0 Å². The maximum atomic E-state index is 6.00. The van der Waals surface area contributed by atoms with Crippen molar-refractivity contribution in [3.8, 4) is 11.5 Å². The molecule has 0 unspecified atom stereocenters. The molecule has 0 radical (unpaired) electrons. The predicted octanol–water partition coefficient (Wildman–Crippen LogP) is 2.86. The second-order valence-electron chi connectivity index (χ2n) is 5.34. The van der Waals surface area contributed by atoms with Crippen LogP contribution >= 0.6 is 0 Å². The van der Waals surface area contributed by atoms with E-state index in [0.29, 0.717) is 6.54 Å². The van der Waals surface area contributed by atoms with Gasteiger partial charge >= 0.3 is 0 Å². The van der Waals surface area contributed by atoms with E-state index in [0.717, 1.165) is 24.3 Å². The average molecular weight is 249 g/mol. The Hall–Kier alpha value is -1.22. The molecule has 1 aliphatic rings. The summed E-state index contributed by atoms with van der Waals surface area (Å²) in [5, 5.41) is 0. The molecule has 1 aliphatic carbocycles. The van der Waals surface area contributed by atoms with Crippen molar-refractivity contribution >= 4 is 0 Å². The molecule has 0 amide bonds. The Balaban J connectivity index is 2.45. The fourth-order valence-corrected chi connectivity index (χ4v) is 2.64. The van der Waals surface area contributed by atoms with Gasteiger partial charge in [0.25, 0.3) is 0 Å². The van der Waals surface area contributed by atoms with E-state index >= 15 is 0 Å². The third kappa shape index (κ3) is 2.19. The highest BCUT2D eigenvalue weighted by atomic mass is 16.5. The van der Waals surface area contributed by atoms with E-state index in [1.54, 1.807) is 7.11 Å². The van der Waals surface area contributed by atoms with Gasteiger partial charge in [-0.15, -0.1) is 0 Å². The first-order valence-corrected chi connectivity index (χ1v) is 6.67. The molecule has 0 aliphatic heterocycles. The summed E-state index contributed by atoms with van der Waals surface area (Å²) < 4.78 is 11.4. The molecule has 0 spiro atoms. The minimum Gasteiger partial charge on any atom is -0.493 e. The van der Waals surface area contributed by atoms with Crippen molar-refractivity contribution in [3.05, 3.63) is 23.8 Å². The normalized spacial score (nSPS) is 17.4. The minimum absolute atomic E-state index is 0.0960. The second-order valence-corrected chi connectivity index (χ2v) is 5.34. The Morgan fingerprint density at radius 3 is 2.50 bits per heavy atom. The molecule has 1 saturated carbocycles. The lowest BCUT2D eigenvalue weighted by Crippen LogP contribution is -2.42. The van der Waals surface area contributed by atoms with Crippen LogP contribution in [0.2, 0.25) is 0 Å². The molecule has 0 atom stereocenters. The summed E-state index contributed by atoms with van der Waals surface area (Å²) in [6.45, 7) is 4.74. The number of benzene rings is 1. The molecule has 3 nitrogen and oxygen atoms in total. The average Bonchev–Trinajstić information content (AvgIpc) is 2.29. The Bertz CT molecular complexity index is 405. The van der Waals surface area contributed by atoms with Crippen LogP contribution in [0.25, 0.3) is 0 Å². The monoisotopic (exact) mass is 249 g/mol. The SMILES string of the molecule is COc1cccc(C2(CN)CCC2)c1OC(C)C. The van der Waals surface area contributed by atoms with Gasteiger partial charge in [-0.05, 0) is 32.8 Å². The largest absolute Gasteiger partial charge is 0.493 e. The third-order valence-electron chi connectivity index (χ3n) is 3.83. The van der Waals surface area contributed by atoms with E-state index in [1.165, 1.54) is 12.0 Å². The number of hydrogen-bond donors (Lipinski definition) is 1. The highest BCUT2D eigenvalue weighted by molar-refractivity contribution is 5.51. The molecule has 0 heterocycles. The lowest BCUT2D eigenvalue weighted by molar-refractivity contribution is 0.202. The molecule has 100 valence electrons. The van der Waals surface area contributed by atoms with Crippen LogP contribution in [0.3, 0.4) is 0 Å². The number of para-hydroxylation sites is 1. The van der Waals surface area contributed by atoms with E-state index < -0.39 is 0 Å². The Labute approximate surface area is 109 Å². The molecular formula is C15H23NO2. The van der Waals surface area contributed by atoms with Crippen LogP contribution in [0.4, 0.5) is 0 Å². The highest BCUT2D eigenvalue weighted by Crippen LogP contribution is 2.49. The van der Waals surface area contributed by atoms with Gasteiger partial charge in [0.15, 0.2) is 11.5 Å². The minimum atomic E-state index is 0.0960. The number of nitrogens with two attached hydrogens (primary N) is 1. The Morgan fingerprint density at radius 1 is 1.33 bits per heavy atom. The van der Waals surface area contributed by atoms with Gasteiger partial charge in [-0.25, -0.2) is 0 Å². The molecule has 18 heavy (non-hydrogen) atoms. The van der Waals surface area contributed by atoms with Gasteiger partial charge in [0.05, 0.1) is 13.2 Å². The molecule has 1 fully saturated rings. The van der Waals surface area contributed by atoms with E-state index in [-0.39, 0.29) is 11.5 Å². The van der Waals surface area contributed by atoms with Crippen molar-refractivity contribution in [3.63, 3.8) is 0 Å². The quantitative estimate of drug-likeness (QED) is 0.872. The second kappa shape index (κ2) is 5.19. The van der Waals surface area contributed by atoms with Gasteiger partial charge in [0, 0.05) is 17.5 Å². The van der Waals surface area contributed by atoms with E-state index in [2.05, 4.69) is 6.07 Å². The van der Waals surface area contributed by atoms with Crippen molar-refractivity contribution in [2.45, 2.75) is 44.6 Å². The zero-order valence-corrected chi connectivity index (χ0v) is 11.5. The molecule has 0 aromatic heterocycles. The van der Waals surface area contributed by atoms with Crippen LogP contribution in [0.15, 0.2) is 18.2 Å². The van der Waals surface area contributed by atoms with Crippen LogP contribution in [-0.2, 0) is 5.41 Å². The zero-order valence-electron chi connectivity index (χ0n) is 11.5. The van der Waals surface area contributed by atoms with Crippen molar-refractivity contribution in [1.29, 1.82) is 0 Å². The topological polar surface area (TPSA) is 44.5 Å². The lowest BCUT2D eigenvalue weighted by Gasteiger charge is -2.42. The maximum Gasteiger partial charge on any atom is 0.165 e. The molecule has 2 rings (SSSR count). The van der Waals surface area contributed by atoms with E-state index in [4.69, 9.17) is 15.2 Å². The number of rotatable bonds is 5. The molecule has 2 N–H and O–H groups in total. The van der Waals surface area contributed by atoms with E-state index in [1.807, 2.05) is 26.0 Å². The van der Waals surface area contributed by atoms with Gasteiger partial charge in [0.2, 0.25) is 0 Å². The van der Waals surface area contributed by atoms with Crippen LogP contribution in [0.5, 0.6) is 11.5 Å². The summed E-state index contributed by atoms with van der Waals surface area (Å²) in [4.78, 5) is 0. The smallest absolute Gasteiger partial charge is 0.165 e. The van der Waals surface area contributed by atoms with Gasteiger partial charge in [0.1, 0.15) is 0 Å². The molecule has 1 aromatic rings. The summed E-state index contributed by atoms with van der Waals surface area (Å²) in [6.07, 6.45) is 3.67. The first-order chi connectivity index (χ1) is 8.63. The Morgan fingerprint density at radius 2 is 2.06 bits per heavy atom. The first kappa shape index (κ1) is 13.2. The van der Waals surface area contributed by atoms with Gasteiger partial charge in [-0.1, -0.05) is 18.6 Å². The van der Waals surface area contributed by atoms with Crippen LogP contribution in [0, 0.1) is 0 Å². The summed E-state index contributed by atoms with van der Waals surface area (Å²) in [7, 11) is 1.68. The zero-order chi connectivity index (χ0) is 13.2. The first-order valence-electron chi connectivity index (χ1n) is 6.67. The van der Waals surface area contributed by atoms with E-state index in [9.17, 15) is 0 Å². The van der Waals surface area contributed by atoms with Crippen molar-refractivity contribution in [2.75, 3.05) is 13.7 Å². The maximum absolute atomic E-state index is 6.00. The van der Waals surface area contributed by atoms with Gasteiger partial charge < -0.3 is 15.2 Å². The van der Waals surface area contributed by atoms with Crippen molar-refractivity contribution in [2.24, 2.45) is 5.73 Å². The lowest BCUT2D eigenvalue weighted by atomic mass is 9.64. The van der Waals surface area contributed by atoms with Gasteiger partial charge in [-0.3, -0.25) is 0 Å². The highest BCUT2D eigenvalue weighted by Gasteiger charge is 2.40. The summed E-state index contributed by atoms with van der Waals surface area (Å²) >= 11 is 0. The fraction of sp³-hybridized carbons (Fsp3) is 0.600. The fourth-order valence-electron chi connectivity index (χ4n) is 2.64. The molecule has 0 saturated heterocycles. The van der Waals surface area contributed by atoms with Gasteiger partial charge in [-0.2, -0.15) is 0 Å². The van der Waals surface area contributed by atoms with Crippen LogP contribution in [0.1, 0.15) is 38.7 Å².